The quantitative estimate of drug-likeness (QED) is 0.897. The molecule has 0 aliphatic rings. The zero-order valence-electron chi connectivity index (χ0n) is 11.0. The van der Waals surface area contributed by atoms with Crippen LogP contribution in [-0.4, -0.2) is 17.1 Å². The van der Waals surface area contributed by atoms with Gasteiger partial charge in [0.05, 0.1) is 6.10 Å². The number of hydrogen-bond donors (Lipinski definition) is 1. The smallest absolute Gasteiger partial charge is 0.138 e. The van der Waals surface area contributed by atoms with Crippen molar-refractivity contribution in [3.8, 4) is 0 Å². The highest BCUT2D eigenvalue weighted by molar-refractivity contribution is 5.62. The molecule has 3 heteroatoms. The zero-order chi connectivity index (χ0) is 13.1. The maximum absolute atomic E-state index is 9.79. The molecule has 18 heavy (non-hydrogen) atoms. The van der Waals surface area contributed by atoms with Crippen molar-refractivity contribution in [1.82, 2.24) is 4.98 Å². The Labute approximate surface area is 108 Å². The highest BCUT2D eigenvalue weighted by Gasteiger charge is 2.13. The highest BCUT2D eigenvalue weighted by Crippen LogP contribution is 2.28. The third kappa shape index (κ3) is 2.51. The minimum atomic E-state index is -0.527. The van der Waals surface area contributed by atoms with Gasteiger partial charge in [0.2, 0.25) is 0 Å². The first-order valence-corrected chi connectivity index (χ1v) is 6.03. The minimum Gasteiger partial charge on any atom is -0.389 e. The van der Waals surface area contributed by atoms with Gasteiger partial charge < -0.3 is 10.0 Å². The molecule has 0 fully saturated rings. The second-order valence-corrected chi connectivity index (χ2v) is 4.49. The summed E-state index contributed by atoms with van der Waals surface area (Å²) in [5, 5.41) is 9.79. The molecule has 0 saturated carbocycles. The summed E-state index contributed by atoms with van der Waals surface area (Å²) in [5.74, 6) is 0.790. The Morgan fingerprint density at radius 3 is 2.67 bits per heavy atom. The molecule has 0 unspecified atom stereocenters. The molecule has 3 nitrogen and oxygen atoms in total. The third-order valence-electron chi connectivity index (χ3n) is 2.97. The molecule has 2 aromatic rings. The van der Waals surface area contributed by atoms with E-state index in [2.05, 4.69) is 24.0 Å². The first kappa shape index (κ1) is 12.6. The predicted molar refractivity (Wildman–Crippen MR) is 74.1 cm³/mol. The van der Waals surface area contributed by atoms with E-state index in [0.717, 1.165) is 17.1 Å². The highest BCUT2D eigenvalue weighted by atomic mass is 16.3. The van der Waals surface area contributed by atoms with E-state index in [0.29, 0.717) is 0 Å². The lowest BCUT2D eigenvalue weighted by atomic mass is 10.1. The average molecular weight is 242 g/mol. The summed E-state index contributed by atoms with van der Waals surface area (Å²) in [6, 6.07) is 12.0. The van der Waals surface area contributed by atoms with Crippen LogP contribution in [0.15, 0.2) is 42.6 Å². The van der Waals surface area contributed by atoms with E-state index in [1.54, 1.807) is 13.1 Å². The standard InChI is InChI=1S/C15H18N2O/c1-11-6-4-7-13(10-11)17(3)15-14(12(2)18)8-5-9-16-15/h4-10,12,18H,1-3H3/t12-/m1/s1. The summed E-state index contributed by atoms with van der Waals surface area (Å²) in [6.07, 6.45) is 1.22. The molecule has 0 spiro atoms. The van der Waals surface area contributed by atoms with Crippen molar-refractivity contribution in [3.63, 3.8) is 0 Å². The molecule has 0 bridgehead atoms. The lowest BCUT2D eigenvalue weighted by molar-refractivity contribution is 0.199. The topological polar surface area (TPSA) is 36.4 Å². The molecular formula is C15H18N2O. The van der Waals surface area contributed by atoms with Crippen LogP contribution in [0.25, 0.3) is 0 Å². The van der Waals surface area contributed by atoms with Crippen molar-refractivity contribution < 1.29 is 5.11 Å². The molecule has 1 N–H and O–H groups in total. The predicted octanol–water partition coefficient (Wildman–Crippen LogP) is 3.21. The second-order valence-electron chi connectivity index (χ2n) is 4.49. The van der Waals surface area contributed by atoms with Gasteiger partial charge in [-0.3, -0.25) is 0 Å². The number of aliphatic hydroxyl groups excluding tert-OH is 1. The SMILES string of the molecule is Cc1cccc(N(C)c2ncccc2[C@@H](C)O)c1. The molecule has 1 aromatic heterocycles. The molecule has 0 aliphatic carbocycles. The Morgan fingerprint density at radius 1 is 1.22 bits per heavy atom. The Bertz CT molecular complexity index is 538. The van der Waals surface area contributed by atoms with Crippen molar-refractivity contribution in [2.45, 2.75) is 20.0 Å². The van der Waals surface area contributed by atoms with Gasteiger partial charge in [-0.2, -0.15) is 0 Å². The summed E-state index contributed by atoms with van der Waals surface area (Å²) in [4.78, 5) is 6.37. The van der Waals surface area contributed by atoms with Gasteiger partial charge in [0.25, 0.3) is 0 Å². The number of aryl methyl sites for hydroxylation is 1. The fraction of sp³-hybridized carbons (Fsp3) is 0.267. The summed E-state index contributed by atoms with van der Waals surface area (Å²) in [5.41, 5.74) is 3.10. The maximum atomic E-state index is 9.79. The Balaban J connectivity index is 2.43. The van der Waals surface area contributed by atoms with Crippen LogP contribution in [0.3, 0.4) is 0 Å². The van der Waals surface area contributed by atoms with Crippen LogP contribution in [0, 0.1) is 6.92 Å². The maximum Gasteiger partial charge on any atom is 0.138 e. The summed E-state index contributed by atoms with van der Waals surface area (Å²) < 4.78 is 0. The first-order chi connectivity index (χ1) is 8.59. The van der Waals surface area contributed by atoms with Gasteiger partial charge in [0.15, 0.2) is 0 Å². The molecule has 1 atom stereocenters. The molecule has 1 aromatic carbocycles. The monoisotopic (exact) mass is 242 g/mol. The van der Waals surface area contributed by atoms with E-state index >= 15 is 0 Å². The molecule has 0 aliphatic heterocycles. The van der Waals surface area contributed by atoms with Crippen LogP contribution in [0.4, 0.5) is 11.5 Å². The molecule has 1 heterocycles. The zero-order valence-corrected chi connectivity index (χ0v) is 11.0. The number of pyridine rings is 1. The molecular weight excluding hydrogens is 224 g/mol. The fourth-order valence-corrected chi connectivity index (χ4v) is 1.97. The molecule has 2 rings (SSSR count). The summed E-state index contributed by atoms with van der Waals surface area (Å²) in [6.45, 7) is 3.82. The number of benzene rings is 1. The Morgan fingerprint density at radius 2 is 2.00 bits per heavy atom. The number of aromatic nitrogens is 1. The molecule has 0 amide bonds. The van der Waals surface area contributed by atoms with E-state index in [1.807, 2.05) is 36.2 Å². The van der Waals surface area contributed by atoms with Gasteiger partial charge in [0.1, 0.15) is 5.82 Å². The van der Waals surface area contributed by atoms with E-state index in [9.17, 15) is 5.11 Å². The normalized spacial score (nSPS) is 12.2. The van der Waals surface area contributed by atoms with E-state index in [4.69, 9.17) is 0 Å². The molecule has 0 radical (unpaired) electrons. The van der Waals surface area contributed by atoms with E-state index in [-0.39, 0.29) is 0 Å². The first-order valence-electron chi connectivity index (χ1n) is 6.03. The molecule has 0 saturated heterocycles. The average Bonchev–Trinajstić information content (AvgIpc) is 2.38. The van der Waals surface area contributed by atoms with Crippen LogP contribution in [0.1, 0.15) is 24.2 Å². The van der Waals surface area contributed by atoms with Gasteiger partial charge >= 0.3 is 0 Å². The third-order valence-corrected chi connectivity index (χ3v) is 2.97. The van der Waals surface area contributed by atoms with Crippen molar-refractivity contribution in [3.05, 3.63) is 53.7 Å². The van der Waals surface area contributed by atoms with Crippen LogP contribution in [0.5, 0.6) is 0 Å². The minimum absolute atomic E-state index is 0.527. The fourth-order valence-electron chi connectivity index (χ4n) is 1.97. The van der Waals surface area contributed by atoms with Gasteiger partial charge in [-0.1, -0.05) is 18.2 Å². The number of anilines is 2. The van der Waals surface area contributed by atoms with Crippen molar-refractivity contribution >= 4 is 11.5 Å². The van der Waals surface area contributed by atoms with E-state index < -0.39 is 6.10 Å². The van der Waals surface area contributed by atoms with Crippen LogP contribution < -0.4 is 4.90 Å². The van der Waals surface area contributed by atoms with Crippen LogP contribution in [0.2, 0.25) is 0 Å². The summed E-state index contributed by atoms with van der Waals surface area (Å²) in [7, 11) is 1.96. The number of nitrogens with zero attached hydrogens (tertiary/aromatic N) is 2. The lowest BCUT2D eigenvalue weighted by Gasteiger charge is -2.22. The van der Waals surface area contributed by atoms with Crippen molar-refractivity contribution in [2.24, 2.45) is 0 Å². The van der Waals surface area contributed by atoms with Crippen molar-refractivity contribution in [2.75, 3.05) is 11.9 Å². The van der Waals surface area contributed by atoms with Crippen LogP contribution in [-0.2, 0) is 0 Å². The number of aliphatic hydroxyl groups is 1. The largest absolute Gasteiger partial charge is 0.389 e. The van der Waals surface area contributed by atoms with E-state index in [1.165, 1.54) is 5.56 Å². The van der Waals surface area contributed by atoms with Crippen molar-refractivity contribution in [1.29, 1.82) is 0 Å². The van der Waals surface area contributed by atoms with Gasteiger partial charge in [-0.05, 0) is 37.6 Å². The molecule has 94 valence electrons. The Kier molecular flexibility index (Phi) is 3.63. The number of hydrogen-bond acceptors (Lipinski definition) is 3. The number of rotatable bonds is 3. The Hall–Kier alpha value is -1.87. The van der Waals surface area contributed by atoms with Crippen LogP contribution >= 0.6 is 0 Å². The van der Waals surface area contributed by atoms with Gasteiger partial charge in [0, 0.05) is 24.5 Å². The second kappa shape index (κ2) is 5.19. The van der Waals surface area contributed by atoms with Gasteiger partial charge in [-0.25, -0.2) is 4.98 Å². The summed E-state index contributed by atoms with van der Waals surface area (Å²) >= 11 is 0. The lowest BCUT2D eigenvalue weighted by Crippen LogP contribution is -2.14. The van der Waals surface area contributed by atoms with Gasteiger partial charge in [-0.15, -0.1) is 0 Å².